The largest absolute Gasteiger partial charge is 0.504 e. The Morgan fingerprint density at radius 1 is 1.50 bits per heavy atom. The van der Waals surface area contributed by atoms with Crippen molar-refractivity contribution in [3.8, 4) is 11.5 Å². The van der Waals surface area contributed by atoms with Crippen LogP contribution in [0.3, 0.4) is 0 Å². The van der Waals surface area contributed by atoms with Crippen LogP contribution < -0.4 is 3.07 Å². The number of halogens is 2. The van der Waals surface area contributed by atoms with Crippen molar-refractivity contribution in [1.29, 1.82) is 0 Å². The van der Waals surface area contributed by atoms with E-state index >= 15 is 0 Å². The molecule has 0 atom stereocenters. The van der Waals surface area contributed by atoms with Crippen LogP contribution >= 0.6 is 34.6 Å². The van der Waals surface area contributed by atoms with Crippen molar-refractivity contribution in [1.82, 2.24) is 0 Å². The van der Waals surface area contributed by atoms with E-state index in [0.717, 1.165) is 0 Å². The third-order valence-electron chi connectivity index (χ3n) is 1.00. The van der Waals surface area contributed by atoms with Crippen LogP contribution in [0.5, 0.6) is 11.5 Å². The first-order valence-corrected chi connectivity index (χ1v) is 3.77. The molecule has 0 amide bonds. The maximum Gasteiger partial charge on any atom is 0.192 e. The predicted molar refractivity (Wildman–Crippen MR) is 47.8 cm³/mol. The molecule has 0 saturated carbocycles. The summed E-state index contributed by atoms with van der Waals surface area (Å²) >= 11 is 7.24. The van der Waals surface area contributed by atoms with Crippen molar-refractivity contribution in [3.63, 3.8) is 0 Å². The lowest BCUT2D eigenvalue weighted by Gasteiger charge is -1.99. The van der Waals surface area contributed by atoms with Crippen LogP contribution in [0, 0.1) is 0 Å². The lowest BCUT2D eigenvalue weighted by molar-refractivity contribution is 0.457. The topological polar surface area (TPSA) is 29.5 Å². The number of hydrogen-bond donors (Lipinski definition) is 1. The Morgan fingerprint density at radius 3 is 2.70 bits per heavy atom. The van der Waals surface area contributed by atoms with Crippen LogP contribution in [0.2, 0.25) is 5.02 Å². The van der Waals surface area contributed by atoms with E-state index in [1.807, 2.05) is 0 Å². The van der Waals surface area contributed by atoms with Gasteiger partial charge in [-0.15, -0.1) is 0 Å². The smallest absolute Gasteiger partial charge is 0.192 e. The number of hydrogen-bond acceptors (Lipinski definition) is 2. The van der Waals surface area contributed by atoms with E-state index in [-0.39, 0.29) is 5.75 Å². The molecule has 0 saturated heterocycles. The minimum atomic E-state index is 0.0573. The second-order valence-electron chi connectivity index (χ2n) is 1.69. The molecular formula is C6H4ClIO2. The molecule has 0 unspecified atom stereocenters. The zero-order chi connectivity index (χ0) is 7.56. The third kappa shape index (κ3) is 1.67. The first-order valence-electron chi connectivity index (χ1n) is 2.51. The van der Waals surface area contributed by atoms with Gasteiger partial charge in [-0.25, -0.2) is 0 Å². The van der Waals surface area contributed by atoms with Gasteiger partial charge < -0.3 is 8.17 Å². The van der Waals surface area contributed by atoms with Crippen molar-refractivity contribution in [3.05, 3.63) is 23.2 Å². The number of aromatic hydroxyl groups is 1. The van der Waals surface area contributed by atoms with Crippen LogP contribution in [-0.4, -0.2) is 5.11 Å². The standard InChI is InChI=1S/C6H4ClIO2/c7-4-1-2-6(10-8)5(9)3-4/h1-3,9H. The molecule has 0 radical (unpaired) electrons. The van der Waals surface area contributed by atoms with E-state index in [4.69, 9.17) is 19.8 Å². The highest BCUT2D eigenvalue weighted by Crippen LogP contribution is 2.29. The van der Waals surface area contributed by atoms with Crippen LogP contribution in [0.25, 0.3) is 0 Å². The number of phenolic OH excluding ortho intramolecular Hbond substituents is 1. The van der Waals surface area contributed by atoms with Crippen LogP contribution in [0.4, 0.5) is 0 Å². The van der Waals surface area contributed by atoms with Gasteiger partial charge >= 0.3 is 0 Å². The Kier molecular flexibility index (Phi) is 2.62. The molecule has 54 valence electrons. The second-order valence-corrected chi connectivity index (χ2v) is 2.57. The summed E-state index contributed by atoms with van der Waals surface area (Å²) in [5.41, 5.74) is 0. The summed E-state index contributed by atoms with van der Waals surface area (Å²) in [6.07, 6.45) is 0. The van der Waals surface area contributed by atoms with Gasteiger partial charge in [-0.2, -0.15) is 0 Å². The lowest BCUT2D eigenvalue weighted by Crippen LogP contribution is -1.74. The van der Waals surface area contributed by atoms with Gasteiger partial charge in [0.15, 0.2) is 34.5 Å². The Hall–Kier alpha value is -0.160. The molecule has 1 N–H and O–H groups in total. The first-order chi connectivity index (χ1) is 4.74. The van der Waals surface area contributed by atoms with Gasteiger partial charge in [0.2, 0.25) is 0 Å². The average Bonchev–Trinajstić information content (AvgIpc) is 1.88. The van der Waals surface area contributed by atoms with Crippen molar-refractivity contribution >= 4 is 34.6 Å². The van der Waals surface area contributed by atoms with Crippen molar-refractivity contribution in [2.45, 2.75) is 0 Å². The van der Waals surface area contributed by atoms with Crippen molar-refractivity contribution in [2.24, 2.45) is 0 Å². The van der Waals surface area contributed by atoms with Crippen molar-refractivity contribution < 1.29 is 8.17 Å². The molecule has 0 aliphatic heterocycles. The van der Waals surface area contributed by atoms with Gasteiger partial charge in [-0.05, 0) is 12.1 Å². The highest BCUT2D eigenvalue weighted by molar-refractivity contribution is 14.1. The molecule has 10 heavy (non-hydrogen) atoms. The Labute approximate surface area is 77.5 Å². The Balaban J connectivity index is 3.07. The van der Waals surface area contributed by atoms with E-state index in [9.17, 15) is 0 Å². The minimum Gasteiger partial charge on any atom is -0.504 e. The Morgan fingerprint density at radius 2 is 2.20 bits per heavy atom. The molecule has 0 fully saturated rings. The highest BCUT2D eigenvalue weighted by Gasteiger charge is 1.99. The van der Waals surface area contributed by atoms with Gasteiger partial charge in [-0.1, -0.05) is 11.6 Å². The third-order valence-corrected chi connectivity index (χ3v) is 1.71. The van der Waals surface area contributed by atoms with E-state index in [1.165, 1.54) is 6.07 Å². The summed E-state index contributed by atoms with van der Waals surface area (Å²) in [7, 11) is 0. The molecule has 0 aromatic heterocycles. The summed E-state index contributed by atoms with van der Waals surface area (Å²) in [4.78, 5) is 0. The first kappa shape index (κ1) is 7.94. The second kappa shape index (κ2) is 3.30. The summed E-state index contributed by atoms with van der Waals surface area (Å²) in [6, 6.07) is 4.68. The van der Waals surface area contributed by atoms with Crippen LogP contribution in [-0.2, 0) is 0 Å². The van der Waals surface area contributed by atoms with Gasteiger partial charge in [0.05, 0.1) is 0 Å². The summed E-state index contributed by atoms with van der Waals surface area (Å²) in [5.74, 6) is 0.479. The quantitative estimate of drug-likeness (QED) is 0.795. The molecule has 0 spiro atoms. The lowest BCUT2D eigenvalue weighted by atomic mass is 10.3. The van der Waals surface area contributed by atoms with Crippen molar-refractivity contribution in [2.75, 3.05) is 0 Å². The highest BCUT2D eigenvalue weighted by atomic mass is 127. The number of benzene rings is 1. The molecular weight excluding hydrogens is 266 g/mol. The fourth-order valence-electron chi connectivity index (χ4n) is 0.556. The van der Waals surface area contributed by atoms with Crippen LogP contribution in [0.1, 0.15) is 0 Å². The van der Waals surface area contributed by atoms with E-state index in [2.05, 4.69) is 0 Å². The molecule has 1 rings (SSSR count). The monoisotopic (exact) mass is 270 g/mol. The zero-order valence-corrected chi connectivity index (χ0v) is 7.76. The number of phenols is 1. The fourth-order valence-corrected chi connectivity index (χ4v) is 1.09. The molecule has 4 heteroatoms. The molecule has 0 aliphatic carbocycles. The summed E-state index contributed by atoms with van der Waals surface area (Å²) < 4.78 is 4.76. The molecule has 1 aromatic carbocycles. The molecule has 1 aromatic rings. The summed E-state index contributed by atoms with van der Waals surface area (Å²) in [5, 5.41) is 9.57. The van der Waals surface area contributed by atoms with E-state index < -0.39 is 0 Å². The molecule has 0 bridgehead atoms. The predicted octanol–water partition coefficient (Wildman–Crippen LogP) is 2.77. The molecule has 0 heterocycles. The SMILES string of the molecule is Oc1cc(Cl)ccc1OI. The van der Waals surface area contributed by atoms with Gasteiger partial charge in [0.1, 0.15) is 0 Å². The average molecular weight is 270 g/mol. The molecule has 2 nitrogen and oxygen atoms in total. The summed E-state index contributed by atoms with van der Waals surface area (Å²) in [6.45, 7) is 0. The Bertz CT molecular complexity index is 239. The van der Waals surface area contributed by atoms with Crippen LogP contribution in [0.15, 0.2) is 18.2 Å². The minimum absolute atomic E-state index is 0.0573. The van der Waals surface area contributed by atoms with Gasteiger partial charge in [-0.3, -0.25) is 0 Å². The maximum atomic E-state index is 9.08. The maximum absolute atomic E-state index is 9.08. The van der Waals surface area contributed by atoms with Gasteiger partial charge in [0.25, 0.3) is 0 Å². The number of rotatable bonds is 1. The molecule has 0 aliphatic rings. The van der Waals surface area contributed by atoms with E-state index in [1.54, 1.807) is 35.1 Å². The van der Waals surface area contributed by atoms with E-state index in [0.29, 0.717) is 10.8 Å². The van der Waals surface area contributed by atoms with Gasteiger partial charge in [0, 0.05) is 11.1 Å². The normalized spacial score (nSPS) is 9.40. The fraction of sp³-hybridized carbons (Fsp3) is 0. The zero-order valence-electron chi connectivity index (χ0n) is 4.84.